The van der Waals surface area contributed by atoms with E-state index in [-0.39, 0.29) is 62.0 Å². The molecule has 0 fully saturated rings. The number of nitrogen functional groups attached to an aromatic ring is 1. The van der Waals surface area contributed by atoms with Gasteiger partial charge in [-0.1, -0.05) is 0 Å². The third-order valence-electron chi connectivity index (χ3n) is 6.83. The highest BCUT2D eigenvalue weighted by molar-refractivity contribution is 5.74. The molecule has 0 aromatic carbocycles. The van der Waals surface area contributed by atoms with Gasteiger partial charge in [0, 0.05) is 26.2 Å². The number of anilines is 1. The Hall–Kier alpha value is -7.71. The zero-order valence-corrected chi connectivity index (χ0v) is 32.4. The highest BCUT2D eigenvalue weighted by atomic mass is 16.5. The highest BCUT2D eigenvalue weighted by Crippen LogP contribution is 1.92. The number of hydrogen-bond acceptors (Lipinski definition) is 23. The number of carbonyl (C=O) groups is 4. The van der Waals surface area contributed by atoms with Gasteiger partial charge in [-0.2, -0.15) is 5.26 Å². The Bertz CT molecular complexity index is 1580. The van der Waals surface area contributed by atoms with Gasteiger partial charge in [0.25, 0.3) is 12.2 Å². The molecule has 0 unspecified atom stereocenters. The van der Waals surface area contributed by atoms with Crippen molar-refractivity contribution in [3.8, 4) is 6.26 Å². The summed E-state index contributed by atoms with van der Waals surface area (Å²) in [4.78, 5) is 60.6. The Kier molecular flexibility index (Phi) is 25.3. The number of nitrogens with one attached hydrogen (secondary N) is 9. The third kappa shape index (κ3) is 24.0. The summed E-state index contributed by atoms with van der Waals surface area (Å²) in [6.07, 6.45) is 7.02. The molecule has 60 heavy (non-hydrogen) atoms. The summed E-state index contributed by atoms with van der Waals surface area (Å²) in [5.74, 6) is 6.35. The van der Waals surface area contributed by atoms with Gasteiger partial charge in [0.2, 0.25) is 6.08 Å². The van der Waals surface area contributed by atoms with Crippen molar-refractivity contribution in [2.45, 2.75) is 71.2 Å². The van der Waals surface area contributed by atoms with Crippen molar-refractivity contribution >= 4 is 36.2 Å². The van der Waals surface area contributed by atoms with E-state index >= 15 is 0 Å². The molecule has 0 saturated carbocycles. The van der Waals surface area contributed by atoms with Crippen molar-refractivity contribution in [2.75, 3.05) is 44.8 Å². The summed E-state index contributed by atoms with van der Waals surface area (Å²) < 4.78 is 4.38. The fourth-order valence-corrected chi connectivity index (χ4v) is 3.87. The molecule has 324 valence electrons. The fourth-order valence-electron chi connectivity index (χ4n) is 3.87. The van der Waals surface area contributed by atoms with Crippen LogP contribution in [0.3, 0.4) is 0 Å². The largest absolute Gasteiger partial charge is 0.428 e. The number of aromatic nitrogens is 12. The van der Waals surface area contributed by atoms with E-state index in [1.54, 1.807) is 6.26 Å². The average Bonchev–Trinajstić information content (AvgIpc) is 3.28. The van der Waals surface area contributed by atoms with E-state index in [1.165, 1.54) is 6.08 Å². The van der Waals surface area contributed by atoms with Gasteiger partial charge in [-0.25, -0.2) is 34.8 Å². The second kappa shape index (κ2) is 31.4. The quantitative estimate of drug-likeness (QED) is 0.0269. The molecule has 4 aliphatic heterocycles. The Morgan fingerprint density at radius 2 is 0.950 bits per heavy atom. The average molecular weight is 842 g/mol. The highest BCUT2D eigenvalue weighted by Gasteiger charge is 2.09. The summed E-state index contributed by atoms with van der Waals surface area (Å²) in [7, 11) is 0. The molecule has 31 nitrogen and oxygen atoms in total. The number of urea groups is 4. The molecule has 0 radical (unpaired) electrons. The summed E-state index contributed by atoms with van der Waals surface area (Å²) in [5, 5.41) is 74.3. The number of nitriles is 1. The minimum atomic E-state index is -0.408. The Labute approximate surface area is 341 Å². The molecule has 0 aliphatic carbocycles. The van der Waals surface area contributed by atoms with E-state index in [0.29, 0.717) is 70.8 Å². The predicted molar refractivity (Wildman–Crippen MR) is 202 cm³/mol. The zero-order chi connectivity index (χ0) is 43.5. The van der Waals surface area contributed by atoms with Crippen LogP contribution in [-0.4, -0.2) is 131 Å². The lowest BCUT2D eigenvalue weighted by atomic mass is 10.3. The van der Waals surface area contributed by atoms with Crippen LogP contribution in [-0.2, 0) is 42.3 Å². The van der Waals surface area contributed by atoms with Gasteiger partial charge in [-0.05, 0) is 38.5 Å². The smallest absolute Gasteiger partial charge is 0.315 e. The molecule has 13 N–H and O–H groups in total. The summed E-state index contributed by atoms with van der Waals surface area (Å²) >= 11 is 0. The molecule has 7 rings (SSSR count). The lowest BCUT2D eigenvalue weighted by molar-refractivity contribution is 0.237. The van der Waals surface area contributed by atoms with Crippen LogP contribution in [0.15, 0.2) is 4.99 Å². The van der Waals surface area contributed by atoms with Gasteiger partial charge in [-0.15, -0.1) is 61.2 Å². The van der Waals surface area contributed by atoms with Crippen molar-refractivity contribution in [3.63, 3.8) is 0 Å². The van der Waals surface area contributed by atoms with Crippen LogP contribution in [0.4, 0.5) is 25.1 Å². The number of hydrogen-bond donors (Lipinski definition) is 11. The molecule has 4 aliphatic rings. The molecule has 0 spiro atoms. The lowest BCUT2D eigenvalue weighted by Gasteiger charge is -2.09. The van der Waals surface area contributed by atoms with E-state index in [1.807, 2.05) is 0 Å². The second-order valence-corrected chi connectivity index (χ2v) is 11.4. The van der Waals surface area contributed by atoms with Crippen LogP contribution >= 0.6 is 0 Å². The van der Waals surface area contributed by atoms with Crippen LogP contribution in [0.5, 0.6) is 0 Å². The van der Waals surface area contributed by atoms with Crippen molar-refractivity contribution in [1.82, 2.24) is 104 Å². The SMILES string of the molecule is N#COCCCCN=C=O.NCc1nnc(NN)nn1.O=C1NCCCCNC(=O)NCc2nnc(nn2)CNC(=O)NCCCCNC(=O)NCc2nnc(nn2)CN1. The molecule has 0 saturated heterocycles. The van der Waals surface area contributed by atoms with Crippen molar-refractivity contribution in [3.05, 3.63) is 29.1 Å². The topological polar surface area (TPSA) is 446 Å². The molecule has 3 aromatic rings. The zero-order valence-electron chi connectivity index (χ0n) is 32.4. The molecule has 31 heteroatoms. The summed E-state index contributed by atoms with van der Waals surface area (Å²) in [6, 6.07) is -1.63. The van der Waals surface area contributed by atoms with Crippen LogP contribution in [0.25, 0.3) is 0 Å². The molecule has 8 amide bonds. The number of ether oxygens (including phenoxy) is 1. The van der Waals surface area contributed by atoms with Gasteiger partial charge >= 0.3 is 24.1 Å². The van der Waals surface area contributed by atoms with Crippen molar-refractivity contribution in [2.24, 2.45) is 16.6 Å². The van der Waals surface area contributed by atoms with Gasteiger partial charge in [0.05, 0.1) is 39.3 Å². The maximum atomic E-state index is 11.9. The monoisotopic (exact) mass is 841 g/mol. The summed E-state index contributed by atoms with van der Waals surface area (Å²) in [6.45, 7) is 2.78. The van der Waals surface area contributed by atoms with Gasteiger partial charge in [-0.3, -0.25) is 5.43 Å². The Morgan fingerprint density at radius 1 is 0.583 bits per heavy atom. The lowest BCUT2D eigenvalue weighted by Crippen LogP contribution is -2.38. The van der Waals surface area contributed by atoms with E-state index in [4.69, 9.17) is 16.8 Å². The van der Waals surface area contributed by atoms with E-state index < -0.39 is 24.1 Å². The van der Waals surface area contributed by atoms with E-state index in [9.17, 15) is 24.0 Å². The third-order valence-corrected chi connectivity index (χ3v) is 6.83. The van der Waals surface area contributed by atoms with Gasteiger partial charge in [0.1, 0.15) is 6.61 Å². The van der Waals surface area contributed by atoms with Crippen molar-refractivity contribution < 1.29 is 28.7 Å². The minimum absolute atomic E-state index is 0.0236. The number of isocyanates is 1. The second-order valence-electron chi connectivity index (χ2n) is 11.4. The number of rotatable bonds is 7. The Morgan fingerprint density at radius 3 is 1.25 bits per heavy atom. The number of nitrogens with two attached hydrogens (primary N) is 2. The maximum absolute atomic E-state index is 11.9. The first kappa shape index (κ1) is 48.4. The molecule has 7 heterocycles. The van der Waals surface area contributed by atoms with Crippen LogP contribution in [0.2, 0.25) is 0 Å². The normalized spacial score (nSPS) is 14.6. The molecular weight excluding hydrogens is 794 g/mol. The Balaban J connectivity index is 0.000000504. The fraction of sp³-hybridized carbons (Fsp3) is 0.586. The number of hydrazine groups is 1. The molecule has 4 bridgehead atoms. The van der Waals surface area contributed by atoms with Crippen molar-refractivity contribution in [1.29, 1.82) is 5.26 Å². The maximum Gasteiger partial charge on any atom is 0.315 e. The van der Waals surface area contributed by atoms with Gasteiger partial charge < -0.3 is 53.0 Å². The number of carbonyl (C=O) groups excluding carboxylic acids is 5. The van der Waals surface area contributed by atoms with E-state index in [0.717, 1.165) is 12.8 Å². The minimum Gasteiger partial charge on any atom is -0.428 e. The first-order valence-electron chi connectivity index (χ1n) is 18.2. The summed E-state index contributed by atoms with van der Waals surface area (Å²) in [5.41, 5.74) is 7.37. The standard InChI is InChI=1S/C20H32N16O4.C6H8N2O2.C3H7N7/c37-17-21-5-1-2-6-22-18(38)26-10-14-31-35-16(36-32-14)12-28-20(40)24-8-4-3-7-23-19(39)27-11-15-33-29-13(9-25-17)30-34-15;7-5-10-4-2-1-3-8-6-9;4-1-2-7-9-3(6-5)10-8-2/h1-12H2,(H2,21,25,37)(H2,22,26,38)(H2,23,27,39)(H2,24,28,40);1-4H2;1,4-5H2,(H,6,9,10). The number of unbranched alkanes of at least 4 members (excludes halogenated alkanes) is 1. The molecular formula is C29H47N25O6. The first-order chi connectivity index (χ1) is 29.3. The van der Waals surface area contributed by atoms with E-state index in [2.05, 4.69) is 119 Å². The first-order valence-corrected chi connectivity index (χ1v) is 18.2. The number of nitrogens with zero attached hydrogens (tertiary/aromatic N) is 14. The van der Waals surface area contributed by atoms with Crippen LogP contribution < -0.4 is 59.5 Å². The van der Waals surface area contributed by atoms with Gasteiger partial charge in [0.15, 0.2) is 29.1 Å². The predicted octanol–water partition coefficient (Wildman–Crippen LogP) is -4.07. The molecule has 0 atom stereocenters. The van der Waals surface area contributed by atoms with Crippen LogP contribution in [0.1, 0.15) is 67.6 Å². The number of aliphatic imine (C=N–C) groups is 1. The van der Waals surface area contributed by atoms with Crippen LogP contribution in [0, 0.1) is 11.5 Å². The molecule has 3 aromatic heterocycles. The number of amides is 8.